The van der Waals surface area contributed by atoms with Gasteiger partial charge in [-0.1, -0.05) is 30.7 Å². The van der Waals surface area contributed by atoms with Crippen LogP contribution in [0.25, 0.3) is 16.8 Å². The van der Waals surface area contributed by atoms with Gasteiger partial charge in [-0.15, -0.1) is 0 Å². The number of imidazole rings is 1. The third kappa shape index (κ3) is 6.15. The Balaban J connectivity index is 1.35. The molecule has 4 heterocycles. The van der Waals surface area contributed by atoms with Crippen molar-refractivity contribution in [2.75, 3.05) is 11.1 Å². The van der Waals surface area contributed by atoms with E-state index in [1.165, 1.54) is 0 Å². The van der Waals surface area contributed by atoms with Crippen LogP contribution < -0.4 is 16.4 Å². The topological polar surface area (TPSA) is 127 Å². The SMILES string of the molecule is Nc1ncc2n3c(nc(-c4ccc(C(=O)Nc5cc(C(F)(F)F)ccn5)cc4)c13)C1CCC[C@H](C1)NC(=O)CCC/C=C/C2. The quantitative estimate of drug-likeness (QED) is 0.244. The smallest absolute Gasteiger partial charge is 0.382 e. The van der Waals surface area contributed by atoms with Crippen molar-refractivity contribution in [1.29, 1.82) is 0 Å². The summed E-state index contributed by atoms with van der Waals surface area (Å²) < 4.78 is 41.4. The van der Waals surface area contributed by atoms with Gasteiger partial charge in [0, 0.05) is 54.0 Å². The van der Waals surface area contributed by atoms with Gasteiger partial charge in [-0.25, -0.2) is 15.0 Å². The fourth-order valence-corrected chi connectivity index (χ4v) is 6.05. The number of fused-ring (bicyclic) bond motifs is 3. The van der Waals surface area contributed by atoms with Gasteiger partial charge in [0.2, 0.25) is 5.91 Å². The number of nitrogens with zero attached hydrogens (tertiary/aromatic N) is 4. The van der Waals surface area contributed by atoms with Gasteiger partial charge in [0.25, 0.3) is 5.91 Å². The number of alkyl halides is 3. The Hall–Kier alpha value is -4.74. The third-order valence-electron chi connectivity index (χ3n) is 8.21. The minimum atomic E-state index is -4.55. The number of anilines is 2. The number of allylic oxidation sites excluding steroid dienone is 2. The lowest BCUT2D eigenvalue weighted by atomic mass is 9.85. The average Bonchev–Trinajstić information content (AvgIpc) is 3.41. The first-order valence-corrected chi connectivity index (χ1v) is 14.7. The Bertz CT molecular complexity index is 1730. The molecule has 0 spiro atoms. The summed E-state index contributed by atoms with van der Waals surface area (Å²) in [6.45, 7) is 0. The van der Waals surface area contributed by atoms with Crippen molar-refractivity contribution in [3.8, 4) is 11.3 Å². The molecule has 228 valence electrons. The summed E-state index contributed by atoms with van der Waals surface area (Å²) in [5, 5.41) is 5.65. The van der Waals surface area contributed by atoms with Crippen molar-refractivity contribution >= 4 is 29.0 Å². The number of aromatic nitrogens is 4. The first kappa shape index (κ1) is 29.3. The highest BCUT2D eigenvalue weighted by atomic mass is 19.4. The predicted molar refractivity (Wildman–Crippen MR) is 160 cm³/mol. The second-order valence-corrected chi connectivity index (χ2v) is 11.3. The van der Waals surface area contributed by atoms with Gasteiger partial charge in [-0.3, -0.25) is 14.0 Å². The van der Waals surface area contributed by atoms with Gasteiger partial charge >= 0.3 is 6.18 Å². The van der Waals surface area contributed by atoms with Crippen LogP contribution in [-0.4, -0.2) is 37.2 Å². The maximum Gasteiger partial charge on any atom is 0.416 e. The number of amides is 2. The first-order chi connectivity index (χ1) is 21.2. The van der Waals surface area contributed by atoms with E-state index in [2.05, 4.69) is 37.2 Å². The van der Waals surface area contributed by atoms with Crippen molar-refractivity contribution in [3.63, 3.8) is 0 Å². The van der Waals surface area contributed by atoms with Crippen molar-refractivity contribution in [2.45, 2.75) is 69.5 Å². The molecule has 2 aliphatic rings. The number of nitrogens with one attached hydrogen (secondary N) is 2. The van der Waals surface area contributed by atoms with Gasteiger partial charge in [0.05, 0.1) is 5.56 Å². The Kier molecular flexibility index (Phi) is 8.07. The fraction of sp³-hybridized carbons (Fsp3) is 0.344. The largest absolute Gasteiger partial charge is 0.416 e. The number of hydrogen-bond donors (Lipinski definition) is 3. The molecule has 0 saturated heterocycles. The number of halogens is 3. The minimum absolute atomic E-state index is 0.0716. The normalized spacial score (nSPS) is 20.0. The summed E-state index contributed by atoms with van der Waals surface area (Å²) in [6.07, 6.45) is 8.69. The van der Waals surface area contributed by atoms with Gasteiger partial charge in [-0.05, 0) is 56.4 Å². The molecule has 4 aromatic rings. The summed E-state index contributed by atoms with van der Waals surface area (Å²) in [6, 6.07) is 8.34. The van der Waals surface area contributed by atoms with E-state index < -0.39 is 17.6 Å². The van der Waals surface area contributed by atoms with E-state index in [0.29, 0.717) is 35.4 Å². The molecular weight excluding hydrogens is 571 g/mol. The number of pyridine rings is 1. The number of benzene rings is 1. The van der Waals surface area contributed by atoms with E-state index in [-0.39, 0.29) is 29.2 Å². The van der Waals surface area contributed by atoms with Crippen molar-refractivity contribution < 1.29 is 22.8 Å². The molecule has 0 radical (unpaired) electrons. The minimum Gasteiger partial charge on any atom is -0.382 e. The van der Waals surface area contributed by atoms with Crippen LogP contribution in [0.4, 0.5) is 24.8 Å². The Morgan fingerprint density at radius 1 is 1.07 bits per heavy atom. The lowest BCUT2D eigenvalue weighted by Gasteiger charge is -2.29. The number of nitrogen functional groups attached to an aromatic ring is 1. The van der Waals surface area contributed by atoms with E-state index in [1.54, 1.807) is 30.5 Å². The Morgan fingerprint density at radius 3 is 2.68 bits per heavy atom. The van der Waals surface area contributed by atoms with Crippen LogP contribution >= 0.6 is 0 Å². The highest BCUT2D eigenvalue weighted by Gasteiger charge is 2.32. The highest BCUT2D eigenvalue weighted by Crippen LogP contribution is 2.38. The Morgan fingerprint density at radius 2 is 1.89 bits per heavy atom. The number of carbonyl (C=O) groups excluding carboxylic acids is 2. The number of hydrogen-bond acceptors (Lipinski definition) is 6. The Labute approximate surface area is 251 Å². The first-order valence-electron chi connectivity index (χ1n) is 14.7. The zero-order chi connectivity index (χ0) is 30.8. The maximum absolute atomic E-state index is 13.1. The zero-order valence-corrected chi connectivity index (χ0v) is 23.9. The molecule has 1 fully saturated rings. The van der Waals surface area contributed by atoms with Crippen LogP contribution in [0, 0.1) is 0 Å². The molecule has 1 aliphatic carbocycles. The fourth-order valence-electron chi connectivity index (χ4n) is 6.05. The van der Waals surface area contributed by atoms with Crippen LogP contribution in [0.2, 0.25) is 0 Å². The van der Waals surface area contributed by atoms with Crippen molar-refractivity contribution in [3.05, 3.63) is 83.6 Å². The van der Waals surface area contributed by atoms with Crippen molar-refractivity contribution in [2.24, 2.45) is 0 Å². The molecule has 12 heteroatoms. The summed E-state index contributed by atoms with van der Waals surface area (Å²) in [5.74, 6) is 0.564. The van der Waals surface area contributed by atoms with E-state index in [0.717, 1.165) is 68.4 Å². The zero-order valence-electron chi connectivity index (χ0n) is 23.9. The third-order valence-corrected chi connectivity index (χ3v) is 8.21. The molecule has 2 bridgehead atoms. The highest BCUT2D eigenvalue weighted by molar-refractivity contribution is 6.04. The molecule has 3 aromatic heterocycles. The molecule has 1 unspecified atom stereocenters. The molecule has 4 N–H and O–H groups in total. The van der Waals surface area contributed by atoms with Crippen LogP contribution in [0.5, 0.6) is 0 Å². The molecule has 6 rings (SSSR count). The monoisotopic (exact) mass is 603 g/mol. The van der Waals surface area contributed by atoms with Gasteiger partial charge in [0.1, 0.15) is 28.7 Å². The molecule has 44 heavy (non-hydrogen) atoms. The summed E-state index contributed by atoms with van der Waals surface area (Å²) in [4.78, 5) is 38.9. The molecule has 2 atom stereocenters. The average molecular weight is 604 g/mol. The van der Waals surface area contributed by atoms with Gasteiger partial charge in [-0.2, -0.15) is 13.2 Å². The molecule has 1 saturated carbocycles. The number of carbonyl (C=O) groups is 2. The standard InChI is InChI=1S/C32H32F3N7O2/c33-32(34,35)22-14-15-37-25(17-22)40-31(44)20-12-10-19(11-13-20)27-28-29(36)38-18-24-8-3-1-2-4-9-26(43)39-23-7-5-6-21(16-23)30(41-27)42(24)28/h1,3,10-15,17-18,21,23H,2,4-9,16H2,(H2,36,38)(H,39,43)(H,37,40,44)/b3-1+/t21?,23-/m1/s1. The van der Waals surface area contributed by atoms with E-state index in [9.17, 15) is 22.8 Å². The second kappa shape index (κ2) is 12.1. The lowest BCUT2D eigenvalue weighted by molar-refractivity contribution is -0.137. The van der Waals surface area contributed by atoms with Crippen LogP contribution in [0.3, 0.4) is 0 Å². The van der Waals surface area contributed by atoms with Crippen LogP contribution in [0.15, 0.2) is 60.9 Å². The van der Waals surface area contributed by atoms with E-state index in [1.807, 2.05) is 0 Å². The molecule has 9 nitrogen and oxygen atoms in total. The molecule has 1 aromatic carbocycles. The number of rotatable bonds is 3. The number of nitrogens with two attached hydrogens (primary N) is 1. The van der Waals surface area contributed by atoms with E-state index >= 15 is 0 Å². The van der Waals surface area contributed by atoms with Crippen molar-refractivity contribution in [1.82, 2.24) is 24.7 Å². The van der Waals surface area contributed by atoms with Gasteiger partial charge < -0.3 is 16.4 Å². The van der Waals surface area contributed by atoms with Gasteiger partial charge in [0.15, 0.2) is 0 Å². The summed E-state index contributed by atoms with van der Waals surface area (Å²) >= 11 is 0. The molecule has 1 aliphatic heterocycles. The molecule has 2 amide bonds. The predicted octanol–water partition coefficient (Wildman–Crippen LogP) is 6.07. The lowest BCUT2D eigenvalue weighted by Crippen LogP contribution is -2.38. The van der Waals surface area contributed by atoms with Crippen LogP contribution in [0.1, 0.15) is 78.3 Å². The summed E-state index contributed by atoms with van der Waals surface area (Å²) in [5.41, 5.74) is 8.77. The van der Waals surface area contributed by atoms with Crippen LogP contribution in [-0.2, 0) is 17.4 Å². The van der Waals surface area contributed by atoms with E-state index in [4.69, 9.17) is 10.7 Å². The summed E-state index contributed by atoms with van der Waals surface area (Å²) in [7, 11) is 0. The maximum atomic E-state index is 13.1. The molecular formula is C32H32F3N7O2. The second-order valence-electron chi connectivity index (χ2n) is 11.3.